The molecular formula is C15H12FN3O. The van der Waals surface area contributed by atoms with E-state index in [4.69, 9.17) is 4.74 Å². The van der Waals surface area contributed by atoms with Crippen molar-refractivity contribution in [3.05, 3.63) is 60.3 Å². The summed E-state index contributed by atoms with van der Waals surface area (Å²) in [6, 6.07) is 10.4. The maximum absolute atomic E-state index is 13.1. The van der Waals surface area contributed by atoms with E-state index in [2.05, 4.69) is 9.98 Å². The molecule has 0 fully saturated rings. The molecule has 4 nitrogen and oxygen atoms in total. The van der Waals surface area contributed by atoms with Crippen molar-refractivity contribution in [3.8, 4) is 5.75 Å². The summed E-state index contributed by atoms with van der Waals surface area (Å²) in [5.74, 6) is 0.447. The van der Waals surface area contributed by atoms with Gasteiger partial charge in [-0.15, -0.1) is 0 Å². The third-order valence-electron chi connectivity index (χ3n) is 2.83. The van der Waals surface area contributed by atoms with Gasteiger partial charge in [-0.05, 0) is 24.3 Å². The van der Waals surface area contributed by atoms with Crippen molar-refractivity contribution in [3.63, 3.8) is 0 Å². The van der Waals surface area contributed by atoms with Gasteiger partial charge in [-0.25, -0.2) is 9.37 Å². The number of hydrogen-bond acceptors (Lipinski definition) is 3. The fourth-order valence-corrected chi connectivity index (χ4v) is 1.88. The van der Waals surface area contributed by atoms with Crippen molar-refractivity contribution in [2.24, 2.45) is 4.99 Å². The molecule has 5 heteroatoms. The Kier molecular flexibility index (Phi) is 3.16. The highest BCUT2D eigenvalue weighted by Gasteiger charge is 2.00. The Morgan fingerprint density at radius 1 is 1.25 bits per heavy atom. The first-order chi connectivity index (χ1) is 9.74. The summed E-state index contributed by atoms with van der Waals surface area (Å²) >= 11 is 0. The molecule has 0 aliphatic carbocycles. The van der Waals surface area contributed by atoms with Crippen molar-refractivity contribution in [1.82, 2.24) is 9.38 Å². The number of hydrogen-bond donors (Lipinski definition) is 0. The van der Waals surface area contributed by atoms with Gasteiger partial charge in [0.15, 0.2) is 0 Å². The predicted molar refractivity (Wildman–Crippen MR) is 75.4 cm³/mol. The topological polar surface area (TPSA) is 38.9 Å². The van der Waals surface area contributed by atoms with Crippen molar-refractivity contribution in [1.29, 1.82) is 0 Å². The minimum Gasteiger partial charge on any atom is -0.497 e. The maximum Gasteiger partial charge on any atom is 0.139 e. The number of aliphatic imine (C=N–C) groups is 1. The number of ether oxygens (including phenoxy) is 1. The molecule has 0 N–H and O–H groups in total. The molecule has 100 valence electrons. The van der Waals surface area contributed by atoms with Gasteiger partial charge in [0.1, 0.15) is 22.9 Å². The average molecular weight is 269 g/mol. The lowest BCUT2D eigenvalue weighted by molar-refractivity contribution is 0.415. The summed E-state index contributed by atoms with van der Waals surface area (Å²) < 4.78 is 19.8. The lowest BCUT2D eigenvalue weighted by atomic mass is 10.3. The van der Waals surface area contributed by atoms with Crippen LogP contribution in [0.3, 0.4) is 0 Å². The van der Waals surface area contributed by atoms with Crippen LogP contribution in [0.4, 0.5) is 10.1 Å². The molecule has 0 saturated heterocycles. The summed E-state index contributed by atoms with van der Waals surface area (Å²) in [5, 5.41) is 0. The van der Waals surface area contributed by atoms with Gasteiger partial charge >= 0.3 is 0 Å². The van der Waals surface area contributed by atoms with E-state index in [9.17, 15) is 4.39 Å². The van der Waals surface area contributed by atoms with Crippen molar-refractivity contribution < 1.29 is 9.13 Å². The largest absolute Gasteiger partial charge is 0.497 e. The molecule has 0 aliphatic heterocycles. The number of pyridine rings is 1. The summed E-state index contributed by atoms with van der Waals surface area (Å²) in [6.07, 6.45) is 4.74. The summed E-state index contributed by atoms with van der Waals surface area (Å²) in [6.45, 7) is 0. The first-order valence-electron chi connectivity index (χ1n) is 6.07. The number of nitrogens with zero attached hydrogens (tertiary/aromatic N) is 3. The Hall–Kier alpha value is -2.69. The standard InChI is InChI=1S/C15H12FN3O/c1-20-14-4-2-3-12(7-14)17-8-13-10-19-9-11(16)5-6-15(19)18-13/h2-10H,1H3/b17-8+. The first-order valence-corrected chi connectivity index (χ1v) is 6.07. The molecule has 0 amide bonds. The molecule has 0 atom stereocenters. The molecular weight excluding hydrogens is 257 g/mol. The van der Waals surface area contributed by atoms with Crippen LogP contribution in [0.5, 0.6) is 5.75 Å². The van der Waals surface area contributed by atoms with E-state index in [1.165, 1.54) is 12.3 Å². The Bertz CT molecular complexity index is 780. The smallest absolute Gasteiger partial charge is 0.139 e. The van der Waals surface area contributed by atoms with Gasteiger partial charge in [0, 0.05) is 18.5 Å². The summed E-state index contributed by atoms with van der Waals surface area (Å²) in [4.78, 5) is 8.66. The van der Waals surface area contributed by atoms with Crippen LogP contribution in [0.1, 0.15) is 5.69 Å². The molecule has 0 radical (unpaired) electrons. The van der Waals surface area contributed by atoms with Gasteiger partial charge in [-0.3, -0.25) is 4.99 Å². The normalized spacial score (nSPS) is 11.3. The zero-order valence-electron chi connectivity index (χ0n) is 10.8. The van der Waals surface area contributed by atoms with Crippen LogP contribution in [-0.2, 0) is 0 Å². The van der Waals surface area contributed by atoms with Crippen LogP contribution >= 0.6 is 0 Å². The lowest BCUT2D eigenvalue weighted by Gasteiger charge is -1.98. The van der Waals surface area contributed by atoms with Gasteiger partial charge in [-0.2, -0.15) is 0 Å². The summed E-state index contributed by atoms with van der Waals surface area (Å²) in [7, 11) is 1.61. The molecule has 2 heterocycles. The highest BCUT2D eigenvalue weighted by atomic mass is 19.1. The molecule has 0 spiro atoms. The third-order valence-corrected chi connectivity index (χ3v) is 2.83. The molecule has 20 heavy (non-hydrogen) atoms. The molecule has 0 saturated carbocycles. The first kappa shape index (κ1) is 12.3. The fraction of sp³-hybridized carbons (Fsp3) is 0.0667. The van der Waals surface area contributed by atoms with Crippen molar-refractivity contribution in [2.75, 3.05) is 7.11 Å². The molecule has 0 unspecified atom stereocenters. The Morgan fingerprint density at radius 3 is 3.00 bits per heavy atom. The zero-order valence-corrected chi connectivity index (χ0v) is 10.8. The van der Waals surface area contributed by atoms with E-state index >= 15 is 0 Å². The van der Waals surface area contributed by atoms with Crippen LogP contribution in [0.25, 0.3) is 5.65 Å². The second kappa shape index (κ2) is 5.13. The quantitative estimate of drug-likeness (QED) is 0.685. The van der Waals surface area contributed by atoms with Crippen molar-refractivity contribution >= 4 is 17.5 Å². The van der Waals surface area contributed by atoms with Crippen molar-refractivity contribution in [2.45, 2.75) is 0 Å². The Morgan fingerprint density at radius 2 is 2.15 bits per heavy atom. The van der Waals surface area contributed by atoms with E-state index < -0.39 is 0 Å². The van der Waals surface area contributed by atoms with E-state index in [1.54, 1.807) is 30.0 Å². The number of benzene rings is 1. The second-order valence-electron chi connectivity index (χ2n) is 4.24. The van der Waals surface area contributed by atoms with E-state index in [0.717, 1.165) is 11.4 Å². The van der Waals surface area contributed by atoms with Gasteiger partial charge in [0.25, 0.3) is 0 Å². The van der Waals surface area contributed by atoms with Crippen LogP contribution in [0.15, 0.2) is 53.8 Å². The maximum atomic E-state index is 13.1. The molecule has 3 aromatic rings. The second-order valence-corrected chi connectivity index (χ2v) is 4.24. The molecule has 0 bridgehead atoms. The lowest BCUT2D eigenvalue weighted by Crippen LogP contribution is -1.83. The van der Waals surface area contributed by atoms with E-state index in [-0.39, 0.29) is 5.82 Å². The number of rotatable bonds is 3. The van der Waals surface area contributed by atoms with E-state index in [1.807, 2.05) is 24.3 Å². The Balaban J connectivity index is 1.89. The number of aromatic nitrogens is 2. The highest BCUT2D eigenvalue weighted by Crippen LogP contribution is 2.19. The summed E-state index contributed by atoms with van der Waals surface area (Å²) in [5.41, 5.74) is 2.12. The van der Waals surface area contributed by atoms with Crippen LogP contribution in [-0.4, -0.2) is 22.7 Å². The number of halogens is 1. The minimum absolute atomic E-state index is 0.300. The van der Waals surface area contributed by atoms with Crippen LogP contribution in [0, 0.1) is 5.82 Å². The Labute approximate surface area is 115 Å². The zero-order chi connectivity index (χ0) is 13.9. The molecule has 2 aromatic heterocycles. The SMILES string of the molecule is COc1cccc(/N=C/c2cn3cc(F)ccc3n2)c1. The van der Waals surface area contributed by atoms with Crippen LogP contribution < -0.4 is 4.74 Å². The molecule has 1 aromatic carbocycles. The van der Waals surface area contributed by atoms with Gasteiger partial charge in [-0.1, -0.05) is 6.07 Å². The van der Waals surface area contributed by atoms with E-state index in [0.29, 0.717) is 11.3 Å². The number of fused-ring (bicyclic) bond motifs is 1. The van der Waals surface area contributed by atoms with Crippen LogP contribution in [0.2, 0.25) is 0 Å². The van der Waals surface area contributed by atoms with Gasteiger partial charge in [0.2, 0.25) is 0 Å². The highest BCUT2D eigenvalue weighted by molar-refractivity contribution is 5.80. The predicted octanol–water partition coefficient (Wildman–Crippen LogP) is 3.23. The van der Waals surface area contributed by atoms with Gasteiger partial charge < -0.3 is 9.14 Å². The number of imidazole rings is 1. The molecule has 0 aliphatic rings. The number of methoxy groups -OCH3 is 1. The fourth-order valence-electron chi connectivity index (χ4n) is 1.88. The molecule has 3 rings (SSSR count). The minimum atomic E-state index is -0.300. The van der Waals surface area contributed by atoms with Gasteiger partial charge in [0.05, 0.1) is 19.0 Å². The monoisotopic (exact) mass is 269 g/mol. The third kappa shape index (κ3) is 2.51. The average Bonchev–Trinajstić information content (AvgIpc) is 2.87.